The highest BCUT2D eigenvalue weighted by Gasteiger charge is 2.40. The molecule has 0 N–H and O–H groups in total. The molecule has 11 heteroatoms. The molecule has 4 rings (SSSR count). The number of thioether (sulfide) groups is 1. The van der Waals surface area contributed by atoms with Gasteiger partial charge in [-0.1, -0.05) is 41.4 Å². The number of hydrogen-bond acceptors (Lipinski definition) is 7. The average Bonchev–Trinajstić information content (AvgIpc) is 3.20. The molecule has 0 aliphatic carbocycles. The molecule has 1 atom stereocenters. The maximum Gasteiger partial charge on any atom is 0.338 e. The summed E-state index contributed by atoms with van der Waals surface area (Å²) in [6, 6.07) is 12.6. The van der Waals surface area contributed by atoms with Gasteiger partial charge < -0.3 is 19.3 Å². The average molecular weight is 591 g/mol. The van der Waals surface area contributed by atoms with Gasteiger partial charge in [-0.15, -0.1) is 24.8 Å². The van der Waals surface area contributed by atoms with E-state index in [9.17, 15) is 4.79 Å². The van der Waals surface area contributed by atoms with Crippen molar-refractivity contribution in [3.8, 4) is 5.75 Å². The fourth-order valence-corrected chi connectivity index (χ4v) is 5.65. The highest BCUT2D eigenvalue weighted by molar-refractivity contribution is 8.22. The van der Waals surface area contributed by atoms with Crippen molar-refractivity contribution in [2.45, 2.75) is 13.0 Å². The number of carbonyl (C=O) groups is 1. The second kappa shape index (κ2) is 13.1. The Labute approximate surface area is 238 Å². The summed E-state index contributed by atoms with van der Waals surface area (Å²) in [5.41, 5.74) is 2.72. The molecule has 0 spiro atoms. The van der Waals surface area contributed by atoms with Crippen LogP contribution >= 0.6 is 59.8 Å². The van der Waals surface area contributed by atoms with Crippen LogP contribution in [0.2, 0.25) is 10.0 Å². The van der Waals surface area contributed by atoms with Crippen molar-refractivity contribution >= 4 is 75.8 Å². The number of fused-ring (bicyclic) bond motifs is 1. The first-order valence-electron chi connectivity index (χ1n) is 10.7. The highest BCUT2D eigenvalue weighted by atomic mass is 35.5. The molecule has 0 saturated carbocycles. The number of halogens is 4. The molecule has 194 valence electrons. The molecule has 2 heterocycles. The Morgan fingerprint density at radius 1 is 1.14 bits per heavy atom. The summed E-state index contributed by atoms with van der Waals surface area (Å²) in [7, 11) is 5.48. The van der Waals surface area contributed by atoms with E-state index < -0.39 is 12.0 Å². The van der Waals surface area contributed by atoms with Crippen molar-refractivity contribution < 1.29 is 14.3 Å². The topological polar surface area (TPSA) is 54.4 Å². The van der Waals surface area contributed by atoms with Gasteiger partial charge >= 0.3 is 5.97 Å². The maximum atomic E-state index is 13.3. The first-order chi connectivity index (χ1) is 16.3. The first-order valence-corrected chi connectivity index (χ1v) is 12.2. The number of esters is 1. The molecule has 0 radical (unpaired) electrons. The number of ether oxygens (including phenoxy) is 2. The fourth-order valence-electron chi connectivity index (χ4n) is 3.81. The largest absolute Gasteiger partial charge is 0.497 e. The summed E-state index contributed by atoms with van der Waals surface area (Å²) in [4.78, 5) is 22.8. The van der Waals surface area contributed by atoms with Crippen molar-refractivity contribution in [2.24, 2.45) is 4.99 Å². The van der Waals surface area contributed by atoms with Gasteiger partial charge in [0.1, 0.15) is 12.4 Å². The summed E-state index contributed by atoms with van der Waals surface area (Å²) in [5.74, 6) is 0.308. The van der Waals surface area contributed by atoms with Crippen LogP contribution < -0.4 is 4.74 Å². The van der Waals surface area contributed by atoms with E-state index in [0.717, 1.165) is 21.2 Å². The zero-order valence-electron chi connectivity index (χ0n) is 20.2. The lowest BCUT2D eigenvalue weighted by Gasteiger charge is -2.33. The quantitative estimate of drug-likeness (QED) is 0.335. The third kappa shape index (κ3) is 6.33. The summed E-state index contributed by atoms with van der Waals surface area (Å²) in [6.45, 7) is 2.75. The lowest BCUT2D eigenvalue weighted by atomic mass is 9.94. The molecular formula is C25H27Cl4N3O3S. The molecule has 0 bridgehead atoms. The van der Waals surface area contributed by atoms with Gasteiger partial charge in [0.15, 0.2) is 5.17 Å². The van der Waals surface area contributed by atoms with Gasteiger partial charge in [0.25, 0.3) is 0 Å². The molecule has 0 fully saturated rings. The Bertz CT molecular complexity index is 1200. The van der Waals surface area contributed by atoms with Gasteiger partial charge in [-0.3, -0.25) is 0 Å². The molecule has 6 nitrogen and oxygen atoms in total. The van der Waals surface area contributed by atoms with E-state index in [1.54, 1.807) is 19.2 Å². The van der Waals surface area contributed by atoms with Gasteiger partial charge in [-0.2, -0.15) is 0 Å². The lowest BCUT2D eigenvalue weighted by molar-refractivity contribution is -0.140. The smallest absolute Gasteiger partial charge is 0.338 e. The Morgan fingerprint density at radius 2 is 1.81 bits per heavy atom. The highest BCUT2D eigenvalue weighted by Crippen LogP contribution is 2.49. The van der Waals surface area contributed by atoms with E-state index in [1.165, 1.54) is 11.8 Å². The molecule has 2 aliphatic rings. The summed E-state index contributed by atoms with van der Waals surface area (Å²) in [5, 5.41) is 1.84. The number of likely N-dealkylation sites (N-methyl/N-ethyl adjacent to an activating group) is 1. The van der Waals surface area contributed by atoms with Gasteiger partial charge in [0.2, 0.25) is 0 Å². The van der Waals surface area contributed by atoms with E-state index in [0.29, 0.717) is 33.6 Å². The SMILES string of the molecule is COc1cccc(C2C(C(=O)OCCN(C)C)=C(C)N=C3SC(c4c(Cl)cccc4Cl)=CN32)c1.Cl.Cl. The molecule has 0 amide bonds. The minimum atomic E-state index is -0.444. The van der Waals surface area contributed by atoms with Crippen LogP contribution in [0.15, 0.2) is 64.9 Å². The number of benzene rings is 2. The molecule has 0 saturated heterocycles. The molecule has 1 unspecified atom stereocenters. The number of aliphatic imine (C=N–C) groups is 1. The van der Waals surface area contributed by atoms with Gasteiger partial charge in [-0.05, 0) is 62.6 Å². The first kappa shape index (κ1) is 30.4. The molecular weight excluding hydrogens is 564 g/mol. The third-order valence-electron chi connectivity index (χ3n) is 5.49. The third-order valence-corrected chi connectivity index (χ3v) is 7.14. The maximum absolute atomic E-state index is 13.3. The number of hydrogen-bond donors (Lipinski definition) is 0. The minimum Gasteiger partial charge on any atom is -0.497 e. The number of methoxy groups -OCH3 is 1. The Morgan fingerprint density at radius 3 is 2.44 bits per heavy atom. The predicted octanol–water partition coefficient (Wildman–Crippen LogP) is 6.68. The van der Waals surface area contributed by atoms with Crippen LogP contribution in [-0.4, -0.2) is 55.3 Å². The number of rotatable bonds is 7. The van der Waals surface area contributed by atoms with Crippen LogP contribution in [0.1, 0.15) is 24.1 Å². The Kier molecular flexibility index (Phi) is 11.0. The number of amidine groups is 1. The van der Waals surface area contributed by atoms with Crippen molar-refractivity contribution in [1.82, 2.24) is 9.80 Å². The van der Waals surface area contributed by atoms with E-state index in [2.05, 4.69) is 0 Å². The van der Waals surface area contributed by atoms with E-state index in [-0.39, 0.29) is 31.4 Å². The lowest BCUT2D eigenvalue weighted by Crippen LogP contribution is -2.34. The number of nitrogens with zero attached hydrogens (tertiary/aromatic N) is 3. The van der Waals surface area contributed by atoms with Crippen molar-refractivity contribution in [2.75, 3.05) is 34.4 Å². The molecule has 2 aromatic carbocycles. The number of carbonyl (C=O) groups excluding carboxylic acids is 1. The van der Waals surface area contributed by atoms with Crippen molar-refractivity contribution in [3.05, 3.63) is 81.1 Å². The Hall–Kier alpha value is -1.87. The van der Waals surface area contributed by atoms with Crippen LogP contribution in [0.5, 0.6) is 5.75 Å². The van der Waals surface area contributed by atoms with Gasteiger partial charge in [0, 0.05) is 23.2 Å². The van der Waals surface area contributed by atoms with Crippen LogP contribution in [0.3, 0.4) is 0 Å². The van der Waals surface area contributed by atoms with Gasteiger partial charge in [-0.25, -0.2) is 9.79 Å². The normalized spacial score (nSPS) is 16.5. The Balaban J connectivity index is 0.00000228. The van der Waals surface area contributed by atoms with Crippen molar-refractivity contribution in [3.63, 3.8) is 0 Å². The number of allylic oxidation sites excluding steroid dienone is 1. The van der Waals surface area contributed by atoms with E-state index in [1.807, 2.05) is 67.4 Å². The van der Waals surface area contributed by atoms with Crippen molar-refractivity contribution in [1.29, 1.82) is 0 Å². The summed E-state index contributed by atoms with van der Waals surface area (Å²) in [6.07, 6.45) is 1.94. The minimum absolute atomic E-state index is 0. The summed E-state index contributed by atoms with van der Waals surface area (Å²) < 4.78 is 11.1. The standard InChI is InChI=1S/C25H25Cl2N3O3S.2ClH/c1-15-21(24(31)33-12-11-29(2)3)23(16-7-5-8-17(13-16)32-4)30-14-20(34-25(30)28-15)22-18(26)9-6-10-19(22)27;;/h5-10,13-14,23H,11-12H2,1-4H3;2*1H. The molecule has 2 aliphatic heterocycles. The second-order valence-corrected chi connectivity index (χ2v) is 9.93. The van der Waals surface area contributed by atoms with E-state index >= 15 is 0 Å². The van der Waals surface area contributed by atoms with Crippen LogP contribution in [-0.2, 0) is 9.53 Å². The summed E-state index contributed by atoms with van der Waals surface area (Å²) >= 11 is 14.4. The zero-order chi connectivity index (χ0) is 24.4. The predicted molar refractivity (Wildman–Crippen MR) is 154 cm³/mol. The van der Waals surface area contributed by atoms with Crippen LogP contribution in [0.25, 0.3) is 4.91 Å². The fraction of sp³-hybridized carbons (Fsp3) is 0.280. The zero-order valence-corrected chi connectivity index (χ0v) is 24.1. The van der Waals surface area contributed by atoms with Crippen LogP contribution in [0, 0.1) is 0 Å². The monoisotopic (exact) mass is 589 g/mol. The van der Waals surface area contributed by atoms with Crippen LogP contribution in [0.4, 0.5) is 0 Å². The van der Waals surface area contributed by atoms with Gasteiger partial charge in [0.05, 0.1) is 34.5 Å². The molecule has 36 heavy (non-hydrogen) atoms. The second-order valence-electron chi connectivity index (χ2n) is 8.11. The van der Waals surface area contributed by atoms with E-state index in [4.69, 9.17) is 37.7 Å². The molecule has 2 aromatic rings. The molecule has 0 aromatic heterocycles.